The molecule has 0 saturated carbocycles. The smallest absolute Gasteiger partial charge is 0.266 e. The van der Waals surface area contributed by atoms with Gasteiger partial charge in [0.15, 0.2) is 0 Å². The largest absolute Gasteiger partial charge is 0.457 e. The van der Waals surface area contributed by atoms with E-state index in [1.807, 2.05) is 37.3 Å². The van der Waals surface area contributed by atoms with Gasteiger partial charge in [0.2, 0.25) is 0 Å². The molecule has 1 fully saturated rings. The topological polar surface area (TPSA) is 33.5 Å². The summed E-state index contributed by atoms with van der Waals surface area (Å²) in [6.07, 6.45) is 1.68. The average Bonchev–Trinajstić information content (AvgIpc) is 3.27. The molecule has 1 aromatic heterocycles. The Hall–Kier alpha value is -2.70. The number of rotatable bonds is 4. The third-order valence-electron chi connectivity index (χ3n) is 4.50. The van der Waals surface area contributed by atoms with Gasteiger partial charge in [0.05, 0.1) is 10.9 Å². The Bertz CT molecular complexity index is 1070. The van der Waals surface area contributed by atoms with Crippen molar-refractivity contribution in [3.8, 4) is 11.3 Å². The van der Waals surface area contributed by atoms with Crippen molar-refractivity contribution in [2.24, 2.45) is 0 Å². The van der Waals surface area contributed by atoms with Crippen molar-refractivity contribution in [1.82, 2.24) is 4.90 Å². The fourth-order valence-corrected chi connectivity index (χ4v) is 4.45. The molecule has 1 saturated heterocycles. The Morgan fingerprint density at radius 3 is 2.64 bits per heavy atom. The Morgan fingerprint density at radius 1 is 1.11 bits per heavy atom. The third-order valence-corrected chi connectivity index (χ3v) is 5.83. The van der Waals surface area contributed by atoms with Gasteiger partial charge in [-0.2, -0.15) is 0 Å². The van der Waals surface area contributed by atoms with Crippen molar-refractivity contribution >= 4 is 40.3 Å². The zero-order valence-electron chi connectivity index (χ0n) is 15.0. The van der Waals surface area contributed by atoms with E-state index in [1.165, 1.54) is 23.9 Å². The predicted octanol–water partition coefficient (Wildman–Crippen LogP) is 6.05. The molecule has 0 N–H and O–H groups in total. The van der Waals surface area contributed by atoms with Crippen molar-refractivity contribution in [2.45, 2.75) is 13.0 Å². The van der Waals surface area contributed by atoms with Gasteiger partial charge in [-0.15, -0.1) is 0 Å². The Morgan fingerprint density at radius 2 is 1.89 bits per heavy atom. The summed E-state index contributed by atoms with van der Waals surface area (Å²) in [6.45, 7) is 1.96. The van der Waals surface area contributed by atoms with Crippen molar-refractivity contribution in [3.05, 3.63) is 88.8 Å². The van der Waals surface area contributed by atoms with Crippen LogP contribution in [0.4, 0.5) is 4.39 Å². The van der Waals surface area contributed by atoms with Crippen molar-refractivity contribution in [3.63, 3.8) is 0 Å². The molecule has 3 aromatic rings. The maximum atomic E-state index is 13.4. The van der Waals surface area contributed by atoms with Gasteiger partial charge in [0.25, 0.3) is 5.91 Å². The molecule has 4 rings (SSSR count). The van der Waals surface area contributed by atoms with Crippen molar-refractivity contribution < 1.29 is 13.6 Å². The lowest BCUT2D eigenvalue weighted by molar-refractivity contribution is -0.123. The van der Waals surface area contributed by atoms with Crippen LogP contribution in [0.2, 0.25) is 0 Å². The number of carbonyl (C=O) groups is 1. The summed E-state index contributed by atoms with van der Waals surface area (Å²) >= 11 is 6.69. The van der Waals surface area contributed by atoms with Crippen LogP contribution in [0.15, 0.2) is 76.1 Å². The minimum absolute atomic E-state index is 0.143. The second kappa shape index (κ2) is 7.73. The molecule has 0 unspecified atom stereocenters. The molecular formula is C22H16FNO2S2. The molecule has 0 spiro atoms. The Balaban J connectivity index is 1.58. The first-order valence-electron chi connectivity index (χ1n) is 8.71. The second-order valence-corrected chi connectivity index (χ2v) is 8.03. The highest BCUT2D eigenvalue weighted by molar-refractivity contribution is 8.26. The first-order chi connectivity index (χ1) is 13.5. The third kappa shape index (κ3) is 3.66. The van der Waals surface area contributed by atoms with Crippen LogP contribution in [0, 0.1) is 5.82 Å². The Kier molecular flexibility index (Phi) is 5.15. The number of thioether (sulfide) groups is 1. The van der Waals surface area contributed by atoms with Gasteiger partial charge in [-0.25, -0.2) is 4.39 Å². The van der Waals surface area contributed by atoms with Crippen molar-refractivity contribution in [1.29, 1.82) is 0 Å². The molecule has 28 heavy (non-hydrogen) atoms. The molecule has 1 aliphatic heterocycles. The number of amides is 1. The first kappa shape index (κ1) is 18.7. The summed E-state index contributed by atoms with van der Waals surface area (Å²) in [5.41, 5.74) is 1.66. The fraction of sp³-hybridized carbons (Fsp3) is 0.0909. The van der Waals surface area contributed by atoms with Gasteiger partial charge < -0.3 is 4.42 Å². The minimum atomic E-state index is -0.328. The number of halogens is 1. The maximum Gasteiger partial charge on any atom is 0.266 e. The first-order valence-corrected chi connectivity index (χ1v) is 9.93. The van der Waals surface area contributed by atoms with Crippen LogP contribution in [0.1, 0.15) is 24.3 Å². The zero-order chi connectivity index (χ0) is 19.7. The van der Waals surface area contributed by atoms with Gasteiger partial charge in [0, 0.05) is 11.6 Å². The Labute approximate surface area is 171 Å². The van der Waals surface area contributed by atoms with E-state index in [-0.39, 0.29) is 17.8 Å². The molecule has 3 nitrogen and oxygen atoms in total. The summed E-state index contributed by atoms with van der Waals surface area (Å²) in [5.74, 6) is 0.590. The van der Waals surface area contributed by atoms with E-state index in [4.69, 9.17) is 16.6 Å². The summed E-state index contributed by atoms with van der Waals surface area (Å²) in [7, 11) is 0. The van der Waals surface area contributed by atoms with Gasteiger partial charge >= 0.3 is 0 Å². The number of carbonyl (C=O) groups excluding carboxylic acids is 1. The van der Waals surface area contributed by atoms with Gasteiger partial charge in [-0.3, -0.25) is 9.69 Å². The standard InChI is InChI=1S/C22H16FNO2S2/c1-14(15-6-3-2-4-7-15)24-21(25)20(28-22(24)27)13-18-10-11-19(26-18)16-8-5-9-17(23)12-16/h2-14H,1H3/b20-13+/t14-/m1/s1. The van der Waals surface area contributed by atoms with Crippen LogP contribution >= 0.6 is 24.0 Å². The normalized spacial score (nSPS) is 16.8. The minimum Gasteiger partial charge on any atom is -0.457 e. The van der Waals surface area contributed by atoms with E-state index in [1.54, 1.807) is 35.2 Å². The lowest BCUT2D eigenvalue weighted by Gasteiger charge is -2.23. The van der Waals surface area contributed by atoms with E-state index in [2.05, 4.69) is 0 Å². The van der Waals surface area contributed by atoms with Crippen LogP contribution < -0.4 is 0 Å². The lowest BCUT2D eigenvalue weighted by Crippen LogP contribution is -2.30. The number of thiocarbonyl (C=S) groups is 1. The number of hydrogen-bond acceptors (Lipinski definition) is 4. The SMILES string of the molecule is C[C@H](c1ccccc1)N1C(=O)/C(=C\c2ccc(-c3cccc(F)c3)o2)SC1=S. The zero-order valence-corrected chi connectivity index (χ0v) is 16.6. The lowest BCUT2D eigenvalue weighted by atomic mass is 10.1. The van der Waals surface area contributed by atoms with E-state index < -0.39 is 0 Å². The van der Waals surface area contributed by atoms with Crippen LogP contribution in [-0.4, -0.2) is 15.1 Å². The molecule has 2 aromatic carbocycles. The molecule has 6 heteroatoms. The van der Waals surface area contributed by atoms with E-state index in [0.717, 1.165) is 5.56 Å². The molecule has 0 radical (unpaired) electrons. The molecule has 1 amide bonds. The summed E-state index contributed by atoms with van der Waals surface area (Å²) in [5, 5.41) is 0. The van der Waals surface area contributed by atoms with E-state index in [9.17, 15) is 9.18 Å². The highest BCUT2D eigenvalue weighted by Crippen LogP contribution is 2.38. The van der Waals surface area contributed by atoms with Gasteiger partial charge in [0.1, 0.15) is 21.7 Å². The highest BCUT2D eigenvalue weighted by Gasteiger charge is 2.36. The second-order valence-electron chi connectivity index (χ2n) is 6.35. The quantitative estimate of drug-likeness (QED) is 0.388. The molecule has 0 bridgehead atoms. The van der Waals surface area contributed by atoms with Crippen LogP contribution in [-0.2, 0) is 4.79 Å². The molecule has 0 aliphatic carbocycles. The fourth-order valence-electron chi connectivity index (χ4n) is 3.05. The van der Waals surface area contributed by atoms with Crippen LogP contribution in [0.3, 0.4) is 0 Å². The molecule has 1 atom stereocenters. The molecule has 2 heterocycles. The monoisotopic (exact) mass is 409 g/mol. The number of hydrogen-bond donors (Lipinski definition) is 0. The number of nitrogens with zero attached hydrogens (tertiary/aromatic N) is 1. The van der Waals surface area contributed by atoms with E-state index >= 15 is 0 Å². The maximum absolute atomic E-state index is 13.4. The summed E-state index contributed by atoms with van der Waals surface area (Å²) < 4.78 is 19.7. The van der Waals surface area contributed by atoms with Crippen LogP contribution in [0.5, 0.6) is 0 Å². The summed E-state index contributed by atoms with van der Waals surface area (Å²) in [6, 6.07) is 19.3. The van der Waals surface area contributed by atoms with E-state index in [0.29, 0.717) is 26.3 Å². The van der Waals surface area contributed by atoms with Gasteiger partial charge in [-0.05, 0) is 36.8 Å². The molecular weight excluding hydrogens is 393 g/mol. The highest BCUT2D eigenvalue weighted by atomic mass is 32.2. The van der Waals surface area contributed by atoms with Gasteiger partial charge in [-0.1, -0.05) is 66.4 Å². The van der Waals surface area contributed by atoms with Crippen LogP contribution in [0.25, 0.3) is 17.4 Å². The average molecular weight is 410 g/mol. The summed E-state index contributed by atoms with van der Waals surface area (Å²) in [4.78, 5) is 15.0. The van der Waals surface area contributed by atoms with Crippen molar-refractivity contribution in [2.75, 3.05) is 0 Å². The number of benzene rings is 2. The molecule has 1 aliphatic rings. The predicted molar refractivity (Wildman–Crippen MR) is 114 cm³/mol. The number of furan rings is 1. The molecule has 140 valence electrons.